The van der Waals surface area contributed by atoms with Crippen molar-refractivity contribution in [1.29, 1.82) is 0 Å². The van der Waals surface area contributed by atoms with Crippen LogP contribution in [0, 0.1) is 11.7 Å². The van der Waals surface area contributed by atoms with Crippen LogP contribution in [0.15, 0.2) is 17.1 Å². The molecule has 0 radical (unpaired) electrons. The van der Waals surface area contributed by atoms with Crippen LogP contribution in [-0.4, -0.2) is 58.4 Å². The number of nitrogen functional groups attached to an aromatic ring is 1. The number of hydrogen-bond donors (Lipinski definition) is 2. The van der Waals surface area contributed by atoms with Gasteiger partial charge in [0.2, 0.25) is 5.43 Å². The lowest BCUT2D eigenvalue weighted by Gasteiger charge is -2.32. The summed E-state index contributed by atoms with van der Waals surface area (Å²) in [6, 6.07) is 1.53. The highest BCUT2D eigenvalue weighted by Gasteiger charge is 2.35. The zero-order chi connectivity index (χ0) is 25.8. The molecule has 1 aliphatic carbocycles. The summed E-state index contributed by atoms with van der Waals surface area (Å²) >= 11 is 0. The molecule has 10 heteroatoms. The molecule has 2 aliphatic rings. The van der Waals surface area contributed by atoms with Crippen molar-refractivity contribution in [3.05, 3.63) is 33.9 Å². The van der Waals surface area contributed by atoms with E-state index in [2.05, 4.69) is 0 Å². The smallest absolute Gasteiger partial charge is 0.410 e. The number of rotatable bonds is 5. The molecule has 2 fully saturated rings. The summed E-state index contributed by atoms with van der Waals surface area (Å²) in [4.78, 5) is 40.4. The molecule has 0 unspecified atom stereocenters. The standard InChI is InChI=1S/C25H33FN4O5/c1-13(28(5)24(34)35-25(2,3)4)14-8-9-29(11-14)18-10-17-19(21(27)20(18)26)22(31)16(23(32)33)12-30(17)15-6-7-15/h10,12-15H,6-9,11,27H2,1-5H3,(H,32,33)/t13-,14+/m0/s1. The number of hydrogen-bond acceptors (Lipinski definition) is 6. The van der Waals surface area contributed by atoms with Gasteiger partial charge >= 0.3 is 12.1 Å². The van der Waals surface area contributed by atoms with Gasteiger partial charge in [0.1, 0.15) is 11.2 Å². The number of anilines is 2. The summed E-state index contributed by atoms with van der Waals surface area (Å²) in [6.45, 7) is 8.44. The fourth-order valence-electron chi connectivity index (χ4n) is 4.75. The van der Waals surface area contributed by atoms with Crippen molar-refractivity contribution in [3.8, 4) is 0 Å². The first-order chi connectivity index (χ1) is 16.3. The molecule has 1 aromatic heterocycles. The first-order valence-electron chi connectivity index (χ1n) is 11.9. The van der Waals surface area contributed by atoms with Crippen LogP contribution in [0.4, 0.5) is 20.6 Å². The van der Waals surface area contributed by atoms with Gasteiger partial charge in [-0.3, -0.25) is 4.79 Å². The second-order valence-electron chi connectivity index (χ2n) is 10.7. The minimum absolute atomic E-state index is 0.0581. The highest BCUT2D eigenvalue weighted by Crippen LogP contribution is 2.40. The van der Waals surface area contributed by atoms with Gasteiger partial charge in [0, 0.05) is 38.4 Å². The second-order valence-corrected chi connectivity index (χ2v) is 10.7. The molecule has 1 aromatic carbocycles. The maximum absolute atomic E-state index is 15.5. The van der Waals surface area contributed by atoms with Gasteiger partial charge in [-0.1, -0.05) is 0 Å². The number of carbonyl (C=O) groups is 2. The van der Waals surface area contributed by atoms with E-state index >= 15 is 4.39 Å². The fourth-order valence-corrected chi connectivity index (χ4v) is 4.75. The molecule has 35 heavy (non-hydrogen) atoms. The number of fused-ring (bicyclic) bond motifs is 1. The highest BCUT2D eigenvalue weighted by molar-refractivity contribution is 5.99. The molecule has 0 spiro atoms. The largest absolute Gasteiger partial charge is 0.477 e. The lowest BCUT2D eigenvalue weighted by atomic mass is 9.99. The van der Waals surface area contributed by atoms with Crippen molar-refractivity contribution in [2.75, 3.05) is 30.8 Å². The van der Waals surface area contributed by atoms with Crippen LogP contribution in [0.25, 0.3) is 10.9 Å². The predicted molar refractivity (Wildman–Crippen MR) is 132 cm³/mol. The molecule has 1 amide bonds. The number of pyridine rings is 1. The summed E-state index contributed by atoms with van der Waals surface area (Å²) < 4.78 is 22.7. The number of benzene rings is 1. The molecule has 3 N–H and O–H groups in total. The van der Waals surface area contributed by atoms with Crippen LogP contribution in [0.3, 0.4) is 0 Å². The average molecular weight is 489 g/mol. The number of carboxylic acids is 1. The van der Waals surface area contributed by atoms with E-state index in [0.717, 1.165) is 19.3 Å². The van der Waals surface area contributed by atoms with Gasteiger partial charge in [0.25, 0.3) is 0 Å². The van der Waals surface area contributed by atoms with Crippen molar-refractivity contribution in [3.63, 3.8) is 0 Å². The number of nitrogens with zero attached hydrogens (tertiary/aromatic N) is 3. The van der Waals surface area contributed by atoms with E-state index < -0.39 is 34.5 Å². The molecule has 2 atom stereocenters. The number of halogens is 1. The van der Waals surface area contributed by atoms with E-state index in [-0.39, 0.29) is 34.8 Å². The van der Waals surface area contributed by atoms with Crippen molar-refractivity contribution >= 4 is 34.3 Å². The summed E-state index contributed by atoms with van der Waals surface area (Å²) in [5.41, 5.74) is 4.71. The lowest BCUT2D eigenvalue weighted by molar-refractivity contribution is 0.0192. The van der Waals surface area contributed by atoms with E-state index in [1.165, 1.54) is 6.20 Å². The Morgan fingerprint density at radius 3 is 2.51 bits per heavy atom. The van der Waals surface area contributed by atoms with Gasteiger partial charge < -0.3 is 29.9 Å². The Balaban J connectivity index is 1.66. The normalized spacial score (nSPS) is 19.1. The Labute approximate surface area is 203 Å². The average Bonchev–Trinajstić information content (AvgIpc) is 3.49. The first-order valence-corrected chi connectivity index (χ1v) is 11.9. The number of ether oxygens (including phenoxy) is 1. The van der Waals surface area contributed by atoms with E-state index in [9.17, 15) is 19.5 Å². The van der Waals surface area contributed by atoms with E-state index in [4.69, 9.17) is 10.5 Å². The van der Waals surface area contributed by atoms with Crippen LogP contribution in [-0.2, 0) is 4.74 Å². The molecule has 1 aliphatic heterocycles. The van der Waals surface area contributed by atoms with Gasteiger partial charge in [-0.05, 0) is 58.9 Å². The summed E-state index contributed by atoms with van der Waals surface area (Å²) in [6.07, 6.45) is 3.37. The fraction of sp³-hybridized carbons (Fsp3) is 0.560. The highest BCUT2D eigenvalue weighted by atomic mass is 19.1. The molecule has 2 heterocycles. The second kappa shape index (κ2) is 8.73. The minimum Gasteiger partial charge on any atom is -0.477 e. The van der Waals surface area contributed by atoms with Crippen molar-refractivity contribution in [1.82, 2.24) is 9.47 Å². The van der Waals surface area contributed by atoms with Gasteiger partial charge in [0.05, 0.1) is 22.3 Å². The number of amides is 1. The number of carbonyl (C=O) groups excluding carboxylic acids is 1. The van der Waals surface area contributed by atoms with Crippen LogP contribution >= 0.6 is 0 Å². The molecule has 1 saturated heterocycles. The maximum atomic E-state index is 15.5. The molecule has 0 bridgehead atoms. The zero-order valence-electron chi connectivity index (χ0n) is 20.8. The number of carboxylic acid groups (broad SMARTS) is 1. The van der Waals surface area contributed by atoms with E-state index in [1.807, 2.05) is 32.6 Å². The van der Waals surface area contributed by atoms with Crippen LogP contribution < -0.4 is 16.1 Å². The Kier molecular flexibility index (Phi) is 6.19. The Morgan fingerprint density at radius 1 is 1.29 bits per heavy atom. The zero-order valence-corrected chi connectivity index (χ0v) is 20.8. The van der Waals surface area contributed by atoms with Crippen LogP contribution in [0.5, 0.6) is 0 Å². The molecule has 4 rings (SSSR count). The summed E-state index contributed by atoms with van der Waals surface area (Å²) in [5.74, 6) is -2.02. The predicted octanol–water partition coefficient (Wildman–Crippen LogP) is 3.84. The SMILES string of the molecule is C[C@@H]([C@@H]1CCN(c2cc3c(c(N)c2F)c(=O)c(C(=O)O)cn3C2CC2)C1)N(C)C(=O)OC(C)(C)C. The van der Waals surface area contributed by atoms with E-state index in [1.54, 1.807) is 22.6 Å². The summed E-state index contributed by atoms with van der Waals surface area (Å²) in [5, 5.41) is 9.38. The maximum Gasteiger partial charge on any atom is 0.410 e. The summed E-state index contributed by atoms with van der Waals surface area (Å²) in [7, 11) is 1.70. The third-order valence-corrected chi connectivity index (χ3v) is 6.99. The first kappa shape index (κ1) is 24.8. The molecular weight excluding hydrogens is 455 g/mol. The van der Waals surface area contributed by atoms with Gasteiger partial charge in [-0.2, -0.15) is 0 Å². The van der Waals surface area contributed by atoms with Crippen LogP contribution in [0.2, 0.25) is 0 Å². The van der Waals surface area contributed by atoms with Crippen molar-refractivity contribution in [2.45, 2.75) is 64.6 Å². The van der Waals surface area contributed by atoms with Gasteiger partial charge in [0.15, 0.2) is 5.82 Å². The van der Waals surface area contributed by atoms with E-state index in [0.29, 0.717) is 18.6 Å². The topological polar surface area (TPSA) is 118 Å². The monoisotopic (exact) mass is 488 g/mol. The van der Waals surface area contributed by atoms with Crippen molar-refractivity contribution in [2.24, 2.45) is 5.92 Å². The van der Waals surface area contributed by atoms with Crippen LogP contribution in [0.1, 0.15) is 63.4 Å². The van der Waals surface area contributed by atoms with Crippen molar-refractivity contribution < 1.29 is 23.8 Å². The number of nitrogens with two attached hydrogens (primary N) is 1. The third-order valence-electron chi connectivity index (χ3n) is 6.99. The Bertz CT molecular complexity index is 1250. The van der Waals surface area contributed by atoms with Gasteiger partial charge in [-0.25, -0.2) is 14.0 Å². The molecule has 9 nitrogen and oxygen atoms in total. The third kappa shape index (κ3) is 4.66. The molecule has 1 saturated carbocycles. The Morgan fingerprint density at radius 2 is 1.94 bits per heavy atom. The molecule has 2 aromatic rings. The number of aromatic nitrogens is 1. The van der Waals surface area contributed by atoms with Gasteiger partial charge in [-0.15, -0.1) is 0 Å². The number of aromatic carboxylic acids is 1. The Hall–Kier alpha value is -3.30. The quantitative estimate of drug-likeness (QED) is 0.614. The lowest BCUT2D eigenvalue weighted by Crippen LogP contribution is -2.43. The molecular formula is C25H33FN4O5. The minimum atomic E-state index is -1.36. The molecule has 190 valence electrons.